The number of carbonyl (C=O) groups excluding carboxylic acids is 2. The highest BCUT2D eigenvalue weighted by molar-refractivity contribution is 6.05. The van der Waals surface area contributed by atoms with Gasteiger partial charge in [-0.25, -0.2) is 4.79 Å². The molecule has 3 N–H and O–H groups in total. The van der Waals surface area contributed by atoms with Crippen molar-refractivity contribution >= 4 is 23.3 Å². The van der Waals surface area contributed by atoms with E-state index in [0.717, 1.165) is 50.4 Å². The number of morpholine rings is 1. The van der Waals surface area contributed by atoms with Gasteiger partial charge in [-0.2, -0.15) is 0 Å². The molecule has 2 aromatic rings. The van der Waals surface area contributed by atoms with Crippen LogP contribution < -0.4 is 16.0 Å². The predicted molar refractivity (Wildman–Crippen MR) is 131 cm³/mol. The molecule has 0 radical (unpaired) electrons. The summed E-state index contributed by atoms with van der Waals surface area (Å²) in [7, 11) is 0. The highest BCUT2D eigenvalue weighted by Crippen LogP contribution is 2.34. The summed E-state index contributed by atoms with van der Waals surface area (Å²) >= 11 is 0. The fourth-order valence-corrected chi connectivity index (χ4v) is 4.89. The van der Waals surface area contributed by atoms with Gasteiger partial charge in [0.2, 0.25) is 0 Å². The molecule has 2 aromatic carbocycles. The van der Waals surface area contributed by atoms with Crippen LogP contribution >= 0.6 is 0 Å². The first-order valence-electron chi connectivity index (χ1n) is 11.9. The number of benzene rings is 2. The predicted octanol–water partition coefficient (Wildman–Crippen LogP) is 4.40. The smallest absolute Gasteiger partial charge is 0.319 e. The Bertz CT molecular complexity index is 951. The van der Waals surface area contributed by atoms with E-state index in [1.807, 2.05) is 43.3 Å². The topological polar surface area (TPSA) is 82.7 Å². The van der Waals surface area contributed by atoms with Gasteiger partial charge in [0.25, 0.3) is 5.91 Å². The Kier molecular flexibility index (Phi) is 7.62. The molecule has 3 amide bonds. The third-order valence-electron chi connectivity index (χ3n) is 6.82. The van der Waals surface area contributed by atoms with Crippen molar-refractivity contribution in [2.75, 3.05) is 43.5 Å². The van der Waals surface area contributed by atoms with Gasteiger partial charge in [-0.05, 0) is 49.6 Å². The fourth-order valence-electron chi connectivity index (χ4n) is 4.89. The fraction of sp³-hybridized carbons (Fsp3) is 0.462. The molecule has 7 heteroatoms. The van der Waals surface area contributed by atoms with E-state index in [2.05, 4.69) is 20.9 Å². The number of ether oxygens (including phenoxy) is 1. The first kappa shape index (κ1) is 23.3. The number of hydrogen-bond acceptors (Lipinski definition) is 4. The molecular formula is C26H34N4O3. The molecule has 0 spiro atoms. The zero-order valence-corrected chi connectivity index (χ0v) is 19.4. The first-order valence-corrected chi connectivity index (χ1v) is 11.9. The lowest BCUT2D eigenvalue weighted by atomic mass is 9.80. The standard InChI is InChI=1S/C26H34N4O3/c1-20-10-11-21(24(31)28-22-8-4-2-5-9-22)18-23(20)29-25(32)27-19-26(12-6-3-7-13-26)30-14-16-33-17-15-30/h2,4-5,8-11,18H,3,6-7,12-17,19H2,1H3,(H,28,31)(H2,27,29,32). The summed E-state index contributed by atoms with van der Waals surface area (Å²) in [6.45, 7) is 5.88. The molecule has 1 aliphatic heterocycles. The molecule has 0 unspecified atom stereocenters. The van der Waals surface area contributed by atoms with Crippen LogP contribution in [0.3, 0.4) is 0 Å². The van der Waals surface area contributed by atoms with Gasteiger partial charge >= 0.3 is 6.03 Å². The van der Waals surface area contributed by atoms with Crippen LogP contribution in [0.2, 0.25) is 0 Å². The van der Waals surface area contributed by atoms with E-state index in [0.29, 0.717) is 17.8 Å². The monoisotopic (exact) mass is 450 g/mol. The van der Waals surface area contributed by atoms with Gasteiger partial charge in [0.15, 0.2) is 0 Å². The average molecular weight is 451 g/mol. The maximum atomic E-state index is 12.8. The molecule has 1 saturated heterocycles. The normalized spacial score (nSPS) is 18.3. The van der Waals surface area contributed by atoms with E-state index in [1.165, 1.54) is 19.3 Å². The Morgan fingerprint density at radius 1 is 0.970 bits per heavy atom. The van der Waals surface area contributed by atoms with Crippen molar-refractivity contribution in [2.24, 2.45) is 0 Å². The number of aryl methyl sites for hydroxylation is 1. The van der Waals surface area contributed by atoms with Crippen LogP contribution in [0, 0.1) is 6.92 Å². The second-order valence-corrected chi connectivity index (χ2v) is 9.04. The van der Waals surface area contributed by atoms with E-state index in [-0.39, 0.29) is 17.5 Å². The van der Waals surface area contributed by atoms with Crippen molar-refractivity contribution < 1.29 is 14.3 Å². The minimum Gasteiger partial charge on any atom is -0.379 e. The van der Waals surface area contributed by atoms with E-state index in [9.17, 15) is 9.59 Å². The Balaban J connectivity index is 1.39. The third kappa shape index (κ3) is 5.92. The van der Waals surface area contributed by atoms with Gasteiger partial charge in [-0.3, -0.25) is 9.69 Å². The highest BCUT2D eigenvalue weighted by Gasteiger charge is 2.38. The molecule has 0 bridgehead atoms. The Morgan fingerprint density at radius 3 is 2.42 bits per heavy atom. The zero-order valence-electron chi connectivity index (χ0n) is 19.4. The van der Waals surface area contributed by atoms with E-state index in [4.69, 9.17) is 4.74 Å². The van der Waals surface area contributed by atoms with Crippen molar-refractivity contribution in [3.63, 3.8) is 0 Å². The molecule has 0 atom stereocenters. The summed E-state index contributed by atoms with van der Waals surface area (Å²) in [6.07, 6.45) is 5.84. The van der Waals surface area contributed by atoms with E-state index < -0.39 is 0 Å². The number of urea groups is 1. The lowest BCUT2D eigenvalue weighted by Crippen LogP contribution is -2.60. The molecule has 2 fully saturated rings. The molecule has 7 nitrogen and oxygen atoms in total. The summed E-state index contributed by atoms with van der Waals surface area (Å²) in [4.78, 5) is 28.0. The molecule has 33 heavy (non-hydrogen) atoms. The molecule has 2 aliphatic rings. The van der Waals surface area contributed by atoms with Gasteiger partial charge < -0.3 is 20.7 Å². The van der Waals surface area contributed by atoms with Crippen molar-refractivity contribution in [3.8, 4) is 0 Å². The molecule has 176 valence electrons. The van der Waals surface area contributed by atoms with Crippen LogP contribution in [-0.4, -0.2) is 55.2 Å². The number of anilines is 2. The number of carbonyl (C=O) groups is 2. The van der Waals surface area contributed by atoms with Crippen molar-refractivity contribution in [2.45, 2.75) is 44.6 Å². The lowest BCUT2D eigenvalue weighted by molar-refractivity contribution is -0.0356. The molecule has 1 heterocycles. The molecule has 1 saturated carbocycles. The molecular weight excluding hydrogens is 416 g/mol. The lowest BCUT2D eigenvalue weighted by Gasteiger charge is -2.48. The number of amides is 3. The average Bonchev–Trinajstić information content (AvgIpc) is 2.86. The number of para-hydroxylation sites is 1. The zero-order chi connectivity index (χ0) is 23.1. The summed E-state index contributed by atoms with van der Waals surface area (Å²) in [5, 5.41) is 8.96. The maximum Gasteiger partial charge on any atom is 0.319 e. The van der Waals surface area contributed by atoms with Gasteiger partial charge in [-0.1, -0.05) is 43.5 Å². The van der Waals surface area contributed by atoms with Crippen LogP contribution in [-0.2, 0) is 4.74 Å². The van der Waals surface area contributed by atoms with Gasteiger partial charge in [0.05, 0.1) is 13.2 Å². The largest absolute Gasteiger partial charge is 0.379 e. The Hall–Kier alpha value is -2.90. The second kappa shape index (κ2) is 10.8. The number of rotatable bonds is 6. The van der Waals surface area contributed by atoms with Crippen molar-refractivity contribution in [1.29, 1.82) is 0 Å². The van der Waals surface area contributed by atoms with E-state index >= 15 is 0 Å². The van der Waals surface area contributed by atoms with Crippen molar-refractivity contribution in [3.05, 3.63) is 59.7 Å². The number of nitrogens with one attached hydrogen (secondary N) is 3. The van der Waals surface area contributed by atoms with Crippen LogP contribution in [0.5, 0.6) is 0 Å². The maximum absolute atomic E-state index is 12.8. The number of nitrogens with zero attached hydrogens (tertiary/aromatic N) is 1. The third-order valence-corrected chi connectivity index (χ3v) is 6.82. The summed E-state index contributed by atoms with van der Waals surface area (Å²) in [5.41, 5.74) is 2.78. The Morgan fingerprint density at radius 2 is 1.70 bits per heavy atom. The molecule has 1 aliphatic carbocycles. The van der Waals surface area contributed by atoms with E-state index in [1.54, 1.807) is 12.1 Å². The van der Waals surface area contributed by atoms with Gasteiger partial charge in [0, 0.05) is 42.1 Å². The first-order chi connectivity index (χ1) is 16.1. The Labute approximate surface area is 195 Å². The summed E-state index contributed by atoms with van der Waals surface area (Å²) in [5.74, 6) is -0.210. The van der Waals surface area contributed by atoms with Crippen LogP contribution in [0.25, 0.3) is 0 Å². The van der Waals surface area contributed by atoms with Gasteiger partial charge in [0.1, 0.15) is 0 Å². The molecule has 0 aromatic heterocycles. The minimum absolute atomic E-state index is 0.00579. The van der Waals surface area contributed by atoms with Crippen molar-refractivity contribution in [1.82, 2.24) is 10.2 Å². The summed E-state index contributed by atoms with van der Waals surface area (Å²) in [6, 6.07) is 14.4. The second-order valence-electron chi connectivity index (χ2n) is 9.04. The summed E-state index contributed by atoms with van der Waals surface area (Å²) < 4.78 is 5.55. The van der Waals surface area contributed by atoms with Crippen LogP contribution in [0.4, 0.5) is 16.2 Å². The van der Waals surface area contributed by atoms with Gasteiger partial charge in [-0.15, -0.1) is 0 Å². The van der Waals surface area contributed by atoms with Crippen LogP contribution in [0.1, 0.15) is 48.0 Å². The molecule has 4 rings (SSSR count). The minimum atomic E-state index is -0.239. The number of hydrogen-bond donors (Lipinski definition) is 3. The van der Waals surface area contributed by atoms with Crippen LogP contribution in [0.15, 0.2) is 48.5 Å². The highest BCUT2D eigenvalue weighted by atomic mass is 16.5. The quantitative estimate of drug-likeness (QED) is 0.609. The SMILES string of the molecule is Cc1ccc(C(=O)Nc2ccccc2)cc1NC(=O)NCC1(N2CCOCC2)CCCCC1.